The van der Waals surface area contributed by atoms with Gasteiger partial charge in [0.2, 0.25) is 0 Å². The molecule has 1 aromatic rings. The van der Waals surface area contributed by atoms with Gasteiger partial charge >= 0.3 is 0 Å². The van der Waals surface area contributed by atoms with E-state index in [-0.39, 0.29) is 0 Å². The molecule has 0 atom stereocenters. The number of fused-ring (bicyclic) bond motifs is 1. The molecule has 1 aromatic carbocycles. The van der Waals surface area contributed by atoms with Crippen molar-refractivity contribution in [1.29, 1.82) is 0 Å². The lowest BCUT2D eigenvalue weighted by atomic mass is 10.3. The topological polar surface area (TPSA) is 18.5 Å². The Morgan fingerprint density at radius 2 is 2.20 bits per heavy atom. The molecule has 5 heteroatoms. The second-order valence-corrected chi connectivity index (χ2v) is 6.73. The number of hydrogen-bond donors (Lipinski definition) is 1. The summed E-state index contributed by atoms with van der Waals surface area (Å²) in [4.78, 5) is 5.78. The van der Waals surface area contributed by atoms with Gasteiger partial charge in [-0.05, 0) is 63.6 Å². The molecule has 1 heterocycles. The molecule has 0 bridgehead atoms. The molecule has 0 spiro atoms. The van der Waals surface area contributed by atoms with Gasteiger partial charge in [-0.3, -0.25) is 0 Å². The third-order valence-electron chi connectivity index (χ3n) is 3.24. The number of para-hydroxylation sites is 1. The van der Waals surface area contributed by atoms with Crippen LogP contribution in [0, 0.1) is 0 Å². The molecule has 0 radical (unpaired) electrons. The van der Waals surface area contributed by atoms with E-state index in [4.69, 9.17) is 12.2 Å². The lowest BCUT2D eigenvalue weighted by Gasteiger charge is -2.25. The molecule has 3 nitrogen and oxygen atoms in total. The molecule has 1 aliphatic rings. The third kappa shape index (κ3) is 4.36. The molecule has 1 aliphatic heterocycles. The fraction of sp³-hybridized carbons (Fsp3) is 0.533. The Hall–Kier alpha value is -0.780. The van der Waals surface area contributed by atoms with Crippen LogP contribution in [0.5, 0.6) is 0 Å². The Bertz CT molecular complexity index is 448. The van der Waals surface area contributed by atoms with Crippen molar-refractivity contribution in [2.45, 2.75) is 17.7 Å². The highest BCUT2D eigenvalue weighted by molar-refractivity contribution is 7.99. The van der Waals surface area contributed by atoms with Crippen LogP contribution in [-0.2, 0) is 0 Å². The second-order valence-electron chi connectivity index (χ2n) is 5.21. The zero-order chi connectivity index (χ0) is 14.4. The van der Waals surface area contributed by atoms with Gasteiger partial charge in [-0.25, -0.2) is 0 Å². The SMILES string of the molecule is CN(C)CCCNC(=S)N1CCCSc2ccccc21. The van der Waals surface area contributed by atoms with Gasteiger partial charge in [0.05, 0.1) is 5.69 Å². The lowest BCUT2D eigenvalue weighted by Crippen LogP contribution is -2.41. The molecular formula is C15H23N3S2. The zero-order valence-corrected chi connectivity index (χ0v) is 13.9. The third-order valence-corrected chi connectivity index (χ3v) is 4.76. The minimum Gasteiger partial charge on any atom is -0.362 e. The molecule has 2 rings (SSSR count). The molecule has 1 N–H and O–H groups in total. The fourth-order valence-electron chi connectivity index (χ4n) is 2.22. The number of anilines is 1. The number of thioether (sulfide) groups is 1. The van der Waals surface area contributed by atoms with Crippen molar-refractivity contribution in [3.63, 3.8) is 0 Å². The molecule has 20 heavy (non-hydrogen) atoms. The standard InChI is InChI=1S/C15H23N3S2/c1-17(2)10-5-9-16-15(19)18-11-6-12-20-14-8-4-3-7-13(14)18/h3-4,7-8H,5-6,9-12H2,1-2H3,(H,16,19). The number of hydrogen-bond acceptors (Lipinski definition) is 3. The fourth-order valence-corrected chi connectivity index (χ4v) is 3.51. The van der Waals surface area contributed by atoms with Gasteiger partial charge in [0.25, 0.3) is 0 Å². The summed E-state index contributed by atoms with van der Waals surface area (Å²) in [6, 6.07) is 8.55. The van der Waals surface area contributed by atoms with Gasteiger partial charge in [-0.1, -0.05) is 12.1 Å². The second kappa shape index (κ2) is 7.86. The predicted molar refractivity (Wildman–Crippen MR) is 92.9 cm³/mol. The van der Waals surface area contributed by atoms with E-state index in [1.807, 2.05) is 11.8 Å². The predicted octanol–water partition coefficient (Wildman–Crippen LogP) is 2.82. The van der Waals surface area contributed by atoms with Crippen LogP contribution in [0.15, 0.2) is 29.2 Å². The van der Waals surface area contributed by atoms with Crippen molar-refractivity contribution in [1.82, 2.24) is 10.2 Å². The molecule has 0 aromatic heterocycles. The number of rotatable bonds is 4. The molecule has 0 fully saturated rings. The maximum absolute atomic E-state index is 5.58. The summed E-state index contributed by atoms with van der Waals surface area (Å²) in [6.45, 7) is 3.02. The van der Waals surface area contributed by atoms with E-state index in [0.717, 1.165) is 36.9 Å². The Balaban J connectivity index is 1.95. The van der Waals surface area contributed by atoms with Crippen LogP contribution in [-0.4, -0.2) is 49.5 Å². The van der Waals surface area contributed by atoms with Gasteiger partial charge < -0.3 is 15.1 Å². The lowest BCUT2D eigenvalue weighted by molar-refractivity contribution is 0.400. The smallest absolute Gasteiger partial charge is 0.173 e. The number of nitrogens with zero attached hydrogens (tertiary/aromatic N) is 2. The van der Waals surface area contributed by atoms with Crippen molar-refractivity contribution in [3.05, 3.63) is 24.3 Å². The monoisotopic (exact) mass is 309 g/mol. The van der Waals surface area contributed by atoms with Crippen molar-refractivity contribution in [3.8, 4) is 0 Å². The van der Waals surface area contributed by atoms with Crippen LogP contribution in [0.1, 0.15) is 12.8 Å². The summed E-state index contributed by atoms with van der Waals surface area (Å²) in [5.41, 5.74) is 1.25. The van der Waals surface area contributed by atoms with E-state index in [1.54, 1.807) is 0 Å². The van der Waals surface area contributed by atoms with Crippen LogP contribution in [0.4, 0.5) is 5.69 Å². The van der Waals surface area contributed by atoms with Gasteiger partial charge in [-0.2, -0.15) is 0 Å². The average Bonchev–Trinajstić information content (AvgIpc) is 2.65. The highest BCUT2D eigenvalue weighted by atomic mass is 32.2. The van der Waals surface area contributed by atoms with Gasteiger partial charge in [-0.15, -0.1) is 11.8 Å². The van der Waals surface area contributed by atoms with Crippen LogP contribution >= 0.6 is 24.0 Å². The summed E-state index contributed by atoms with van der Waals surface area (Å²) in [6.07, 6.45) is 2.27. The van der Waals surface area contributed by atoms with Crippen LogP contribution in [0.2, 0.25) is 0 Å². The quantitative estimate of drug-likeness (QED) is 0.679. The summed E-state index contributed by atoms with van der Waals surface area (Å²) < 4.78 is 0. The van der Waals surface area contributed by atoms with E-state index in [2.05, 4.69) is 53.5 Å². The molecule has 0 saturated heterocycles. The van der Waals surface area contributed by atoms with Crippen molar-refractivity contribution in [2.75, 3.05) is 44.4 Å². The van der Waals surface area contributed by atoms with Crippen LogP contribution in [0.3, 0.4) is 0 Å². The Morgan fingerprint density at radius 1 is 1.40 bits per heavy atom. The minimum atomic E-state index is 0.860. The summed E-state index contributed by atoms with van der Waals surface area (Å²) in [5, 5.41) is 4.26. The highest BCUT2D eigenvalue weighted by Gasteiger charge is 2.18. The largest absolute Gasteiger partial charge is 0.362 e. The number of thiocarbonyl (C=S) groups is 1. The van der Waals surface area contributed by atoms with Gasteiger partial charge in [0, 0.05) is 18.0 Å². The average molecular weight is 310 g/mol. The first-order valence-electron chi connectivity index (χ1n) is 7.10. The minimum absolute atomic E-state index is 0.860. The first kappa shape index (κ1) is 15.6. The van der Waals surface area contributed by atoms with Gasteiger partial charge in [0.1, 0.15) is 0 Å². The van der Waals surface area contributed by atoms with E-state index in [0.29, 0.717) is 0 Å². The summed E-state index contributed by atoms with van der Waals surface area (Å²) in [7, 11) is 4.20. The summed E-state index contributed by atoms with van der Waals surface area (Å²) in [5.74, 6) is 1.16. The normalized spacial score (nSPS) is 14.8. The number of benzene rings is 1. The van der Waals surface area contributed by atoms with Crippen LogP contribution in [0.25, 0.3) is 0 Å². The Morgan fingerprint density at radius 3 is 3.00 bits per heavy atom. The van der Waals surface area contributed by atoms with Crippen LogP contribution < -0.4 is 10.2 Å². The maximum atomic E-state index is 5.58. The Kier molecular flexibility index (Phi) is 6.13. The maximum Gasteiger partial charge on any atom is 0.173 e. The van der Waals surface area contributed by atoms with Crippen molar-refractivity contribution < 1.29 is 0 Å². The molecule has 0 aliphatic carbocycles. The van der Waals surface area contributed by atoms with Gasteiger partial charge in [0.15, 0.2) is 5.11 Å². The first-order valence-corrected chi connectivity index (χ1v) is 8.50. The van der Waals surface area contributed by atoms with E-state index >= 15 is 0 Å². The molecular weight excluding hydrogens is 286 g/mol. The van der Waals surface area contributed by atoms with E-state index in [1.165, 1.54) is 17.0 Å². The molecule has 0 unspecified atom stereocenters. The highest BCUT2D eigenvalue weighted by Crippen LogP contribution is 2.33. The molecule has 0 amide bonds. The van der Waals surface area contributed by atoms with Crippen molar-refractivity contribution in [2.24, 2.45) is 0 Å². The molecule has 110 valence electrons. The van der Waals surface area contributed by atoms with E-state index in [9.17, 15) is 0 Å². The van der Waals surface area contributed by atoms with E-state index < -0.39 is 0 Å². The zero-order valence-electron chi connectivity index (χ0n) is 12.3. The Labute approximate surface area is 131 Å². The van der Waals surface area contributed by atoms with Crippen molar-refractivity contribution >= 4 is 34.8 Å². The summed E-state index contributed by atoms with van der Waals surface area (Å²) >= 11 is 7.51. The molecule has 0 saturated carbocycles. The first-order chi connectivity index (χ1) is 9.68. The number of nitrogens with one attached hydrogen (secondary N) is 1.